The van der Waals surface area contributed by atoms with Gasteiger partial charge in [-0.05, 0) is 88.9 Å². The van der Waals surface area contributed by atoms with E-state index in [0.717, 1.165) is 4.90 Å². The van der Waals surface area contributed by atoms with Gasteiger partial charge in [-0.25, -0.2) is 9.18 Å². The van der Waals surface area contributed by atoms with Crippen molar-refractivity contribution in [2.24, 2.45) is 0 Å². The Kier molecular flexibility index (Phi) is 7.48. The molecule has 160 valence electrons. The number of benzene rings is 2. The number of halogens is 1. The molecule has 0 heterocycles. The van der Waals surface area contributed by atoms with E-state index in [0.29, 0.717) is 11.1 Å². The van der Waals surface area contributed by atoms with Gasteiger partial charge in [0.2, 0.25) is 0 Å². The molecule has 0 saturated heterocycles. The molecule has 0 aliphatic heterocycles. The molecular weight excluding hydrogens is 403 g/mol. The lowest BCUT2D eigenvalue weighted by Crippen LogP contribution is -2.43. The maximum Gasteiger partial charge on any atom is 0.350 e. The number of rotatable bonds is 7. The lowest BCUT2D eigenvalue weighted by atomic mass is 10.1. The summed E-state index contributed by atoms with van der Waals surface area (Å²) >= 11 is 1.60. The molecular formula is C24H27FO4S. The van der Waals surface area contributed by atoms with E-state index in [9.17, 15) is 14.0 Å². The van der Waals surface area contributed by atoms with Crippen LogP contribution in [0.1, 0.15) is 50.5 Å². The molecule has 2 aromatic carbocycles. The Morgan fingerprint density at radius 3 is 2.17 bits per heavy atom. The zero-order chi connectivity index (χ0) is 22.5. The summed E-state index contributed by atoms with van der Waals surface area (Å²) in [7, 11) is 0. The summed E-state index contributed by atoms with van der Waals surface area (Å²) in [6, 6.07) is 11.6. The van der Waals surface area contributed by atoms with Crippen LogP contribution in [0.25, 0.3) is 6.08 Å². The molecule has 2 aromatic rings. The highest BCUT2D eigenvalue weighted by atomic mass is 32.2. The molecule has 6 heteroatoms. The van der Waals surface area contributed by atoms with Crippen LogP contribution in [0.4, 0.5) is 4.39 Å². The number of ketones is 1. The van der Waals surface area contributed by atoms with Gasteiger partial charge in [0.05, 0.1) is 0 Å². The molecule has 0 amide bonds. The summed E-state index contributed by atoms with van der Waals surface area (Å²) in [5, 5.41) is 0. The minimum absolute atomic E-state index is 0.0676. The number of ether oxygens (including phenoxy) is 2. The van der Waals surface area contributed by atoms with Crippen molar-refractivity contribution in [3.8, 4) is 5.75 Å². The number of carbonyl (C=O) groups excluding carboxylic acids is 2. The minimum Gasteiger partial charge on any atom is -0.473 e. The third-order valence-electron chi connectivity index (χ3n) is 4.01. The predicted octanol–water partition coefficient (Wildman–Crippen LogP) is 5.94. The van der Waals surface area contributed by atoms with Crippen molar-refractivity contribution in [3.05, 3.63) is 65.5 Å². The number of esters is 1. The second-order valence-corrected chi connectivity index (χ2v) is 9.11. The molecule has 0 aliphatic rings. The standard InChI is InChI=1S/C24H27FO4S/c1-23(2,3)29-22(27)24(4,5)28-21-14-8-16(15-19(21)25)7-13-20(26)17-9-11-18(30-6)12-10-17/h7-15H,1-6H3/b13-7+. The van der Waals surface area contributed by atoms with Crippen molar-refractivity contribution < 1.29 is 23.5 Å². The average Bonchev–Trinajstić information content (AvgIpc) is 2.66. The van der Waals surface area contributed by atoms with Crippen LogP contribution in [0.3, 0.4) is 0 Å². The molecule has 0 N–H and O–H groups in total. The second kappa shape index (κ2) is 9.47. The fraction of sp³-hybridized carbons (Fsp3) is 0.333. The van der Waals surface area contributed by atoms with Gasteiger partial charge in [-0.2, -0.15) is 0 Å². The lowest BCUT2D eigenvalue weighted by molar-refractivity contribution is -0.171. The Bertz CT molecular complexity index is 941. The number of thioether (sulfide) groups is 1. The number of hydrogen-bond acceptors (Lipinski definition) is 5. The quantitative estimate of drug-likeness (QED) is 0.235. The summed E-state index contributed by atoms with van der Waals surface area (Å²) in [4.78, 5) is 25.7. The third-order valence-corrected chi connectivity index (χ3v) is 4.76. The van der Waals surface area contributed by atoms with Gasteiger partial charge < -0.3 is 9.47 Å². The van der Waals surface area contributed by atoms with Crippen LogP contribution in [0.5, 0.6) is 5.75 Å². The molecule has 30 heavy (non-hydrogen) atoms. The van der Waals surface area contributed by atoms with Crippen LogP contribution >= 0.6 is 11.8 Å². The van der Waals surface area contributed by atoms with Crippen molar-refractivity contribution in [2.45, 2.75) is 50.7 Å². The van der Waals surface area contributed by atoms with Crippen LogP contribution in [0.15, 0.2) is 53.4 Å². The maximum absolute atomic E-state index is 14.5. The fourth-order valence-electron chi connectivity index (χ4n) is 2.44. The van der Waals surface area contributed by atoms with Crippen LogP contribution in [0, 0.1) is 5.82 Å². The van der Waals surface area contributed by atoms with Gasteiger partial charge in [-0.15, -0.1) is 11.8 Å². The van der Waals surface area contributed by atoms with Crippen LogP contribution < -0.4 is 4.74 Å². The molecule has 0 aromatic heterocycles. The van der Waals surface area contributed by atoms with Gasteiger partial charge in [0.25, 0.3) is 0 Å². The zero-order valence-electron chi connectivity index (χ0n) is 18.1. The largest absolute Gasteiger partial charge is 0.473 e. The minimum atomic E-state index is -1.36. The normalized spacial score (nSPS) is 12.1. The van der Waals surface area contributed by atoms with Gasteiger partial charge in [0, 0.05) is 10.5 Å². The molecule has 0 radical (unpaired) electrons. The molecule has 4 nitrogen and oxygen atoms in total. The van der Waals surface area contributed by atoms with Crippen LogP contribution in [-0.4, -0.2) is 29.2 Å². The summed E-state index contributed by atoms with van der Waals surface area (Å²) in [5.41, 5.74) is -0.968. The molecule has 0 fully saturated rings. The van der Waals surface area contributed by atoms with E-state index in [-0.39, 0.29) is 11.5 Å². The van der Waals surface area contributed by atoms with E-state index in [4.69, 9.17) is 9.47 Å². The molecule has 0 atom stereocenters. The predicted molar refractivity (Wildman–Crippen MR) is 119 cm³/mol. The van der Waals surface area contributed by atoms with E-state index < -0.39 is 23.0 Å². The van der Waals surface area contributed by atoms with Gasteiger partial charge in [-0.3, -0.25) is 4.79 Å². The lowest BCUT2D eigenvalue weighted by Gasteiger charge is -2.29. The van der Waals surface area contributed by atoms with Gasteiger partial charge in [-0.1, -0.05) is 12.1 Å². The Hall–Kier alpha value is -2.60. The van der Waals surface area contributed by atoms with E-state index in [2.05, 4.69) is 0 Å². The van der Waals surface area contributed by atoms with Crippen molar-refractivity contribution in [1.29, 1.82) is 0 Å². The molecule has 0 saturated carbocycles. The first-order chi connectivity index (χ1) is 13.9. The second-order valence-electron chi connectivity index (χ2n) is 8.23. The fourth-order valence-corrected chi connectivity index (χ4v) is 2.85. The smallest absolute Gasteiger partial charge is 0.350 e. The Morgan fingerprint density at radius 1 is 1.00 bits per heavy atom. The van der Waals surface area contributed by atoms with E-state index in [1.54, 1.807) is 50.7 Å². The number of allylic oxidation sites excluding steroid dienone is 1. The summed E-state index contributed by atoms with van der Waals surface area (Å²) in [5.74, 6) is -1.46. The van der Waals surface area contributed by atoms with Crippen LogP contribution in [-0.2, 0) is 9.53 Å². The monoisotopic (exact) mass is 430 g/mol. The average molecular weight is 431 g/mol. The molecule has 0 bridgehead atoms. The van der Waals surface area contributed by atoms with Crippen molar-refractivity contribution >= 4 is 29.6 Å². The molecule has 0 aliphatic carbocycles. The van der Waals surface area contributed by atoms with E-state index in [1.807, 2.05) is 18.4 Å². The molecule has 0 spiro atoms. The number of hydrogen-bond donors (Lipinski definition) is 0. The SMILES string of the molecule is CSc1ccc(C(=O)/C=C/c2ccc(OC(C)(C)C(=O)OC(C)(C)C)c(F)c2)cc1. The first-order valence-electron chi connectivity index (χ1n) is 9.50. The number of carbonyl (C=O) groups is 2. The first kappa shape index (κ1) is 23.7. The van der Waals surface area contributed by atoms with Crippen molar-refractivity contribution in [2.75, 3.05) is 6.26 Å². The third kappa shape index (κ3) is 6.73. The maximum atomic E-state index is 14.5. The van der Waals surface area contributed by atoms with Crippen molar-refractivity contribution in [1.82, 2.24) is 0 Å². The van der Waals surface area contributed by atoms with Gasteiger partial charge in [0.1, 0.15) is 5.60 Å². The van der Waals surface area contributed by atoms with Gasteiger partial charge in [0.15, 0.2) is 23.0 Å². The van der Waals surface area contributed by atoms with Gasteiger partial charge >= 0.3 is 5.97 Å². The Morgan fingerprint density at radius 2 is 1.63 bits per heavy atom. The Labute approximate surface area is 181 Å². The Balaban J connectivity index is 2.09. The van der Waals surface area contributed by atoms with Crippen LogP contribution in [0.2, 0.25) is 0 Å². The summed E-state index contributed by atoms with van der Waals surface area (Å²) in [6.07, 6.45) is 4.90. The van der Waals surface area contributed by atoms with Crippen molar-refractivity contribution in [3.63, 3.8) is 0 Å². The molecule has 0 unspecified atom stereocenters. The first-order valence-corrected chi connectivity index (χ1v) is 10.7. The zero-order valence-corrected chi connectivity index (χ0v) is 18.9. The van der Waals surface area contributed by atoms with E-state index >= 15 is 0 Å². The highest BCUT2D eigenvalue weighted by molar-refractivity contribution is 7.98. The summed E-state index contributed by atoms with van der Waals surface area (Å²) in [6.45, 7) is 8.30. The highest BCUT2D eigenvalue weighted by Gasteiger charge is 2.35. The highest BCUT2D eigenvalue weighted by Crippen LogP contribution is 2.26. The van der Waals surface area contributed by atoms with E-state index in [1.165, 1.54) is 38.1 Å². The molecule has 2 rings (SSSR count). The summed E-state index contributed by atoms with van der Waals surface area (Å²) < 4.78 is 25.4. The topological polar surface area (TPSA) is 52.6 Å².